The molecule has 1 aromatic carbocycles. The average molecular weight is 482 g/mol. The number of nitrogens with zero attached hydrogens (tertiary/aromatic N) is 7. The fourth-order valence-corrected chi connectivity index (χ4v) is 4.40. The molecule has 1 aliphatic rings. The van der Waals surface area contributed by atoms with Gasteiger partial charge in [0.2, 0.25) is 0 Å². The van der Waals surface area contributed by atoms with Gasteiger partial charge in [-0.1, -0.05) is 12.1 Å². The monoisotopic (exact) mass is 481 g/mol. The summed E-state index contributed by atoms with van der Waals surface area (Å²) < 4.78 is 17.8. The third-order valence-electron chi connectivity index (χ3n) is 6.48. The Hall–Kier alpha value is -4.24. The summed E-state index contributed by atoms with van der Waals surface area (Å²) in [6.45, 7) is 1.86. The van der Waals surface area contributed by atoms with Crippen LogP contribution >= 0.6 is 0 Å². The van der Waals surface area contributed by atoms with Crippen LogP contribution in [0.5, 0.6) is 0 Å². The first-order chi connectivity index (χ1) is 17.5. The summed E-state index contributed by atoms with van der Waals surface area (Å²) in [5.41, 5.74) is 6.62. The topological polar surface area (TPSA) is 94.5 Å². The molecule has 4 heterocycles. The number of rotatable bonds is 6. The van der Waals surface area contributed by atoms with Crippen molar-refractivity contribution in [2.75, 3.05) is 0 Å². The van der Waals surface area contributed by atoms with E-state index in [0.717, 1.165) is 46.5 Å². The zero-order chi connectivity index (χ0) is 24.8. The number of aliphatic hydroxyl groups excluding tert-OH is 1. The summed E-state index contributed by atoms with van der Waals surface area (Å²) >= 11 is 0. The van der Waals surface area contributed by atoms with E-state index in [2.05, 4.69) is 26.3 Å². The van der Waals surface area contributed by atoms with E-state index in [-0.39, 0.29) is 12.4 Å². The van der Waals surface area contributed by atoms with E-state index in [1.807, 2.05) is 38.4 Å². The molecule has 0 atom stereocenters. The predicted octanol–water partition coefficient (Wildman–Crippen LogP) is 4.61. The molecule has 1 saturated carbocycles. The Kier molecular flexibility index (Phi) is 5.41. The van der Waals surface area contributed by atoms with Gasteiger partial charge in [0.1, 0.15) is 12.1 Å². The van der Waals surface area contributed by atoms with Gasteiger partial charge in [0, 0.05) is 36.0 Å². The molecular weight excluding hydrogens is 457 g/mol. The largest absolute Gasteiger partial charge is 0.390 e. The summed E-state index contributed by atoms with van der Waals surface area (Å²) in [6.07, 6.45) is 7.44. The molecule has 1 N–H and O–H groups in total. The summed E-state index contributed by atoms with van der Waals surface area (Å²) in [4.78, 5) is 9.49. The Balaban J connectivity index is 1.47. The minimum absolute atomic E-state index is 0.124. The number of aromatic nitrogens is 7. The van der Waals surface area contributed by atoms with Gasteiger partial charge in [-0.3, -0.25) is 0 Å². The first kappa shape index (κ1) is 22.2. The van der Waals surface area contributed by atoms with E-state index in [4.69, 9.17) is 4.98 Å². The van der Waals surface area contributed by atoms with Crippen molar-refractivity contribution < 1.29 is 9.50 Å². The zero-order valence-corrected chi connectivity index (χ0v) is 19.9. The van der Waals surface area contributed by atoms with Gasteiger partial charge in [0.25, 0.3) is 0 Å². The summed E-state index contributed by atoms with van der Waals surface area (Å²) in [6, 6.07) is 12.5. The van der Waals surface area contributed by atoms with Gasteiger partial charge in [-0.05, 0) is 66.8 Å². The summed E-state index contributed by atoms with van der Waals surface area (Å²) in [5.74, 6) is 1.33. The van der Waals surface area contributed by atoms with Crippen LogP contribution in [0.1, 0.15) is 35.7 Å². The second-order valence-corrected chi connectivity index (χ2v) is 9.17. The van der Waals surface area contributed by atoms with E-state index >= 15 is 0 Å². The van der Waals surface area contributed by atoms with Crippen LogP contribution in [0, 0.1) is 12.7 Å². The molecule has 0 saturated heterocycles. The van der Waals surface area contributed by atoms with Crippen molar-refractivity contribution in [3.63, 3.8) is 0 Å². The molecule has 0 spiro atoms. The molecule has 9 heteroatoms. The van der Waals surface area contributed by atoms with Crippen LogP contribution in [0.4, 0.5) is 4.39 Å². The van der Waals surface area contributed by atoms with Gasteiger partial charge in [-0.25, -0.2) is 19.0 Å². The van der Waals surface area contributed by atoms with Crippen LogP contribution < -0.4 is 0 Å². The molecule has 0 bridgehead atoms. The Bertz CT molecular complexity index is 1590. The van der Waals surface area contributed by atoms with Crippen molar-refractivity contribution >= 4 is 0 Å². The van der Waals surface area contributed by atoms with Gasteiger partial charge >= 0.3 is 0 Å². The van der Waals surface area contributed by atoms with Gasteiger partial charge < -0.3 is 9.67 Å². The standard InChI is InChI=1S/C27H24FN7O/c1-16-3-7-21(14-36)31-26(16)19-12-30-35(13-19)25-10-18(9-24(32-25)17-4-5-17)22-8-6-20(28)11-23(22)27-33-29-15-34(27)2/h3,6-13,15,17,36H,4-5,14H2,1-2H3. The first-order valence-electron chi connectivity index (χ1n) is 11.8. The minimum Gasteiger partial charge on any atom is -0.390 e. The Morgan fingerprint density at radius 1 is 1.03 bits per heavy atom. The van der Waals surface area contributed by atoms with Crippen LogP contribution in [0.2, 0.25) is 0 Å². The summed E-state index contributed by atoms with van der Waals surface area (Å²) in [5, 5.41) is 22.3. The molecule has 180 valence electrons. The van der Waals surface area contributed by atoms with E-state index in [1.54, 1.807) is 27.8 Å². The molecule has 6 rings (SSSR count). The van der Waals surface area contributed by atoms with Crippen molar-refractivity contribution in [1.29, 1.82) is 0 Å². The second kappa shape index (κ2) is 8.76. The van der Waals surface area contributed by atoms with Crippen molar-refractivity contribution in [2.45, 2.75) is 32.3 Å². The molecule has 1 aliphatic carbocycles. The Morgan fingerprint density at radius 2 is 1.89 bits per heavy atom. The van der Waals surface area contributed by atoms with Crippen molar-refractivity contribution in [3.8, 4) is 39.6 Å². The molecule has 36 heavy (non-hydrogen) atoms. The number of benzene rings is 1. The van der Waals surface area contributed by atoms with Crippen LogP contribution in [0.25, 0.3) is 39.6 Å². The minimum atomic E-state index is -0.335. The smallest absolute Gasteiger partial charge is 0.164 e. The number of aryl methyl sites for hydroxylation is 2. The van der Waals surface area contributed by atoms with Gasteiger partial charge in [0.15, 0.2) is 11.6 Å². The maximum Gasteiger partial charge on any atom is 0.164 e. The molecule has 0 amide bonds. The highest BCUT2D eigenvalue weighted by atomic mass is 19.1. The fourth-order valence-electron chi connectivity index (χ4n) is 4.40. The molecule has 5 aromatic rings. The van der Waals surface area contributed by atoms with Crippen LogP contribution in [-0.4, -0.2) is 39.6 Å². The number of hydrogen-bond donors (Lipinski definition) is 1. The van der Waals surface area contributed by atoms with E-state index in [0.29, 0.717) is 28.8 Å². The lowest BCUT2D eigenvalue weighted by Gasteiger charge is -2.13. The number of hydrogen-bond acceptors (Lipinski definition) is 6. The molecular formula is C27H24FN7O. The Labute approximate surface area is 207 Å². The van der Waals surface area contributed by atoms with E-state index < -0.39 is 0 Å². The van der Waals surface area contributed by atoms with E-state index in [9.17, 15) is 9.50 Å². The third-order valence-corrected chi connectivity index (χ3v) is 6.48. The van der Waals surface area contributed by atoms with Crippen molar-refractivity contribution in [3.05, 3.63) is 84.0 Å². The number of pyridine rings is 2. The molecule has 0 radical (unpaired) electrons. The van der Waals surface area contributed by atoms with Gasteiger partial charge in [-0.2, -0.15) is 5.10 Å². The quantitative estimate of drug-likeness (QED) is 0.381. The normalized spacial score (nSPS) is 13.3. The third kappa shape index (κ3) is 4.07. The maximum atomic E-state index is 14.3. The number of halogens is 1. The lowest BCUT2D eigenvalue weighted by Crippen LogP contribution is -2.02. The lowest BCUT2D eigenvalue weighted by molar-refractivity contribution is 0.277. The molecule has 0 unspecified atom stereocenters. The molecule has 1 fully saturated rings. The highest BCUT2D eigenvalue weighted by Gasteiger charge is 2.27. The SMILES string of the molecule is Cc1ccc(CO)nc1-c1cnn(-c2cc(-c3ccc(F)cc3-c3nncn3C)cc(C3CC3)n2)c1. The van der Waals surface area contributed by atoms with Crippen LogP contribution in [0.3, 0.4) is 0 Å². The highest BCUT2D eigenvalue weighted by Crippen LogP contribution is 2.42. The fraction of sp³-hybridized carbons (Fsp3) is 0.222. The van der Waals surface area contributed by atoms with Gasteiger partial charge in [0.05, 0.1) is 24.2 Å². The second-order valence-electron chi connectivity index (χ2n) is 9.17. The predicted molar refractivity (Wildman–Crippen MR) is 133 cm³/mol. The zero-order valence-electron chi connectivity index (χ0n) is 19.9. The van der Waals surface area contributed by atoms with Crippen molar-refractivity contribution in [1.82, 2.24) is 34.5 Å². The summed E-state index contributed by atoms with van der Waals surface area (Å²) in [7, 11) is 1.84. The van der Waals surface area contributed by atoms with Crippen LogP contribution in [-0.2, 0) is 13.7 Å². The molecule has 8 nitrogen and oxygen atoms in total. The molecule has 0 aliphatic heterocycles. The van der Waals surface area contributed by atoms with Crippen LogP contribution in [0.15, 0.2) is 61.2 Å². The Morgan fingerprint density at radius 3 is 2.64 bits per heavy atom. The maximum absolute atomic E-state index is 14.3. The molecule has 4 aromatic heterocycles. The lowest BCUT2D eigenvalue weighted by atomic mass is 9.98. The first-order valence-corrected chi connectivity index (χ1v) is 11.8. The number of aliphatic hydroxyl groups is 1. The van der Waals surface area contributed by atoms with Gasteiger partial charge in [-0.15, -0.1) is 10.2 Å². The van der Waals surface area contributed by atoms with E-state index in [1.165, 1.54) is 12.1 Å². The van der Waals surface area contributed by atoms with Crippen molar-refractivity contribution in [2.24, 2.45) is 7.05 Å². The average Bonchev–Trinajstić information content (AvgIpc) is 3.47. The highest BCUT2D eigenvalue weighted by molar-refractivity contribution is 5.81.